The van der Waals surface area contributed by atoms with Gasteiger partial charge in [0.1, 0.15) is 17.3 Å². The maximum atomic E-state index is 11.9. The van der Waals surface area contributed by atoms with Crippen LogP contribution < -0.4 is 5.32 Å². The third kappa shape index (κ3) is 3.37. The molecular weight excluding hydrogens is 242 g/mol. The van der Waals surface area contributed by atoms with Crippen molar-refractivity contribution in [2.45, 2.75) is 20.3 Å². The summed E-state index contributed by atoms with van der Waals surface area (Å²) < 4.78 is 5.32. The Hall–Kier alpha value is -2.23. The zero-order valence-electron chi connectivity index (χ0n) is 11.1. The smallest absolute Gasteiger partial charge is 0.254 e. The molecule has 4 nitrogen and oxygen atoms in total. The number of benzene rings is 1. The summed E-state index contributed by atoms with van der Waals surface area (Å²) in [4.78, 5) is 11.9. The Morgan fingerprint density at radius 3 is 2.53 bits per heavy atom. The van der Waals surface area contributed by atoms with Crippen molar-refractivity contribution in [2.75, 3.05) is 6.54 Å². The molecule has 1 aromatic heterocycles. The van der Waals surface area contributed by atoms with Crippen LogP contribution in [0, 0.1) is 13.8 Å². The molecule has 0 aliphatic rings. The third-order valence-corrected chi connectivity index (χ3v) is 2.92. The molecule has 0 fully saturated rings. The first kappa shape index (κ1) is 13.2. The van der Waals surface area contributed by atoms with Gasteiger partial charge < -0.3 is 14.8 Å². The van der Waals surface area contributed by atoms with Gasteiger partial charge in [0, 0.05) is 6.54 Å². The number of phenols is 1. The lowest BCUT2D eigenvalue weighted by Crippen LogP contribution is -2.25. The van der Waals surface area contributed by atoms with Gasteiger partial charge >= 0.3 is 0 Å². The molecule has 1 aromatic carbocycles. The van der Waals surface area contributed by atoms with E-state index in [2.05, 4.69) is 5.32 Å². The summed E-state index contributed by atoms with van der Waals surface area (Å²) in [5, 5.41) is 12.0. The highest BCUT2D eigenvalue weighted by Crippen LogP contribution is 2.13. The minimum absolute atomic E-state index is 0.117. The van der Waals surface area contributed by atoms with E-state index in [9.17, 15) is 9.90 Å². The number of rotatable bonds is 4. The van der Waals surface area contributed by atoms with Crippen LogP contribution in [0.2, 0.25) is 0 Å². The maximum Gasteiger partial charge on any atom is 0.254 e. The van der Waals surface area contributed by atoms with Crippen molar-refractivity contribution in [1.82, 2.24) is 5.32 Å². The van der Waals surface area contributed by atoms with E-state index in [4.69, 9.17) is 4.42 Å². The Bertz CT molecular complexity index is 570. The van der Waals surface area contributed by atoms with E-state index < -0.39 is 0 Å². The standard InChI is InChI=1S/C15H17NO3/c1-10-9-14(11(2)19-10)15(18)16-8-7-12-3-5-13(17)6-4-12/h3-6,9,17H,7-8H2,1-2H3,(H,16,18). The summed E-state index contributed by atoms with van der Waals surface area (Å²) >= 11 is 0. The molecular formula is C15H17NO3. The van der Waals surface area contributed by atoms with E-state index in [1.54, 1.807) is 25.1 Å². The molecule has 2 aromatic rings. The zero-order valence-corrected chi connectivity index (χ0v) is 11.1. The first-order valence-corrected chi connectivity index (χ1v) is 6.19. The second kappa shape index (κ2) is 5.61. The van der Waals surface area contributed by atoms with Crippen LogP contribution in [0.4, 0.5) is 0 Å². The summed E-state index contributed by atoms with van der Waals surface area (Å²) in [5.74, 6) is 1.51. The monoisotopic (exact) mass is 259 g/mol. The first-order valence-electron chi connectivity index (χ1n) is 6.19. The maximum absolute atomic E-state index is 11.9. The van der Waals surface area contributed by atoms with E-state index in [0.717, 1.165) is 17.7 Å². The Labute approximate surface area is 112 Å². The van der Waals surface area contributed by atoms with E-state index in [0.29, 0.717) is 17.9 Å². The molecule has 0 radical (unpaired) electrons. The van der Waals surface area contributed by atoms with Crippen LogP contribution in [0.1, 0.15) is 27.4 Å². The quantitative estimate of drug-likeness (QED) is 0.887. The second-order valence-corrected chi connectivity index (χ2v) is 4.50. The molecule has 2 rings (SSSR count). The summed E-state index contributed by atoms with van der Waals surface area (Å²) in [5.41, 5.74) is 1.65. The van der Waals surface area contributed by atoms with Gasteiger partial charge in [-0.15, -0.1) is 0 Å². The van der Waals surface area contributed by atoms with Gasteiger partial charge in [-0.25, -0.2) is 0 Å². The highest BCUT2D eigenvalue weighted by Gasteiger charge is 2.12. The predicted octanol–water partition coefficient (Wildman–Crippen LogP) is 2.57. The Morgan fingerprint density at radius 2 is 1.95 bits per heavy atom. The molecule has 19 heavy (non-hydrogen) atoms. The van der Waals surface area contributed by atoms with Crippen LogP contribution in [0.3, 0.4) is 0 Å². The van der Waals surface area contributed by atoms with Crippen molar-refractivity contribution in [2.24, 2.45) is 0 Å². The van der Waals surface area contributed by atoms with E-state index in [-0.39, 0.29) is 11.7 Å². The fourth-order valence-corrected chi connectivity index (χ4v) is 1.93. The molecule has 0 aliphatic carbocycles. The SMILES string of the molecule is Cc1cc(C(=O)NCCc2ccc(O)cc2)c(C)o1. The number of aryl methyl sites for hydroxylation is 2. The van der Waals surface area contributed by atoms with E-state index in [1.165, 1.54) is 0 Å². The van der Waals surface area contributed by atoms with Gasteiger partial charge in [-0.1, -0.05) is 12.1 Å². The number of aromatic hydroxyl groups is 1. The van der Waals surface area contributed by atoms with Crippen LogP contribution in [0.25, 0.3) is 0 Å². The predicted molar refractivity (Wildman–Crippen MR) is 72.3 cm³/mol. The second-order valence-electron chi connectivity index (χ2n) is 4.50. The van der Waals surface area contributed by atoms with Crippen LogP contribution in [0.5, 0.6) is 5.75 Å². The van der Waals surface area contributed by atoms with Crippen molar-refractivity contribution in [3.63, 3.8) is 0 Å². The minimum Gasteiger partial charge on any atom is -0.508 e. The summed E-state index contributed by atoms with van der Waals surface area (Å²) in [6, 6.07) is 8.70. The Morgan fingerprint density at radius 1 is 1.26 bits per heavy atom. The largest absolute Gasteiger partial charge is 0.508 e. The van der Waals surface area contributed by atoms with Gasteiger partial charge in [-0.3, -0.25) is 4.79 Å². The third-order valence-electron chi connectivity index (χ3n) is 2.92. The fraction of sp³-hybridized carbons (Fsp3) is 0.267. The van der Waals surface area contributed by atoms with Crippen LogP contribution in [-0.4, -0.2) is 17.6 Å². The number of carbonyl (C=O) groups is 1. The highest BCUT2D eigenvalue weighted by molar-refractivity contribution is 5.95. The first-order chi connectivity index (χ1) is 9.06. The lowest BCUT2D eigenvalue weighted by molar-refractivity contribution is 0.0952. The van der Waals surface area contributed by atoms with Gasteiger partial charge in [0.05, 0.1) is 5.56 Å². The number of hydrogen-bond donors (Lipinski definition) is 2. The molecule has 0 bridgehead atoms. The van der Waals surface area contributed by atoms with E-state index >= 15 is 0 Å². The number of phenolic OH excluding ortho intramolecular Hbond substituents is 1. The molecule has 100 valence electrons. The van der Waals surface area contributed by atoms with Crippen molar-refractivity contribution in [3.8, 4) is 5.75 Å². The van der Waals surface area contributed by atoms with Crippen LogP contribution >= 0.6 is 0 Å². The summed E-state index contributed by atoms with van der Waals surface area (Å²) in [6.07, 6.45) is 0.724. The lowest BCUT2D eigenvalue weighted by Gasteiger charge is -2.04. The Kier molecular flexibility index (Phi) is 3.90. The van der Waals surface area contributed by atoms with Crippen molar-refractivity contribution < 1.29 is 14.3 Å². The van der Waals surface area contributed by atoms with Gasteiger partial charge in [0.25, 0.3) is 5.91 Å². The Balaban J connectivity index is 1.87. The number of nitrogens with one attached hydrogen (secondary N) is 1. The normalized spacial score (nSPS) is 10.4. The number of furan rings is 1. The van der Waals surface area contributed by atoms with Crippen molar-refractivity contribution in [1.29, 1.82) is 0 Å². The van der Waals surface area contributed by atoms with Crippen LogP contribution in [0.15, 0.2) is 34.7 Å². The molecule has 0 atom stereocenters. The average molecular weight is 259 g/mol. The lowest BCUT2D eigenvalue weighted by atomic mass is 10.1. The summed E-state index contributed by atoms with van der Waals surface area (Å²) in [7, 11) is 0. The minimum atomic E-state index is -0.117. The number of carbonyl (C=O) groups excluding carboxylic acids is 1. The molecule has 1 heterocycles. The molecule has 0 aliphatic heterocycles. The van der Waals surface area contributed by atoms with E-state index in [1.807, 2.05) is 19.1 Å². The molecule has 0 spiro atoms. The molecule has 4 heteroatoms. The highest BCUT2D eigenvalue weighted by atomic mass is 16.3. The molecule has 2 N–H and O–H groups in total. The van der Waals surface area contributed by atoms with Gasteiger partial charge in [0.15, 0.2) is 0 Å². The van der Waals surface area contributed by atoms with Crippen molar-refractivity contribution in [3.05, 3.63) is 53.0 Å². The van der Waals surface area contributed by atoms with Gasteiger partial charge in [-0.05, 0) is 44.0 Å². The molecule has 0 unspecified atom stereocenters. The topological polar surface area (TPSA) is 62.5 Å². The number of hydrogen-bond acceptors (Lipinski definition) is 3. The molecule has 0 saturated heterocycles. The van der Waals surface area contributed by atoms with Gasteiger partial charge in [-0.2, -0.15) is 0 Å². The van der Waals surface area contributed by atoms with Gasteiger partial charge in [0.2, 0.25) is 0 Å². The average Bonchev–Trinajstić information content (AvgIpc) is 2.71. The number of amides is 1. The van der Waals surface area contributed by atoms with Crippen molar-refractivity contribution >= 4 is 5.91 Å². The molecule has 0 saturated carbocycles. The molecule has 1 amide bonds. The zero-order chi connectivity index (χ0) is 13.8. The summed E-state index contributed by atoms with van der Waals surface area (Å²) in [6.45, 7) is 4.15. The van der Waals surface area contributed by atoms with Crippen LogP contribution in [-0.2, 0) is 6.42 Å². The fourth-order valence-electron chi connectivity index (χ4n) is 1.93.